The maximum atomic E-state index is 12.8. The van der Waals surface area contributed by atoms with E-state index in [0.717, 1.165) is 23.1 Å². The number of hydrogen-bond acceptors (Lipinski definition) is 6. The van der Waals surface area contributed by atoms with Crippen LogP contribution in [-0.2, 0) is 17.8 Å². The van der Waals surface area contributed by atoms with E-state index in [1.54, 1.807) is 12.1 Å². The first kappa shape index (κ1) is 19.2. The zero-order valence-corrected chi connectivity index (χ0v) is 17.2. The molecule has 0 aliphatic carbocycles. The third kappa shape index (κ3) is 3.39. The average molecular weight is 419 g/mol. The minimum atomic E-state index is -0.410. The monoisotopic (exact) mass is 419 g/mol. The molecule has 2 aromatic heterocycles. The number of fused-ring (bicyclic) bond motifs is 4. The van der Waals surface area contributed by atoms with Crippen LogP contribution in [0.5, 0.6) is 11.5 Å². The van der Waals surface area contributed by atoms with Gasteiger partial charge < -0.3 is 19.2 Å². The van der Waals surface area contributed by atoms with E-state index < -0.39 is 5.56 Å². The molecular formula is C23H21N3O5. The molecule has 1 aliphatic rings. The van der Waals surface area contributed by atoms with E-state index in [4.69, 9.17) is 13.9 Å². The van der Waals surface area contributed by atoms with Crippen LogP contribution >= 0.6 is 0 Å². The fourth-order valence-corrected chi connectivity index (χ4v) is 3.88. The summed E-state index contributed by atoms with van der Waals surface area (Å²) in [5.74, 6) is 0.922. The molecule has 0 spiro atoms. The Labute approximate surface area is 177 Å². The molecule has 1 aliphatic heterocycles. The number of aromatic nitrogens is 2. The van der Waals surface area contributed by atoms with Gasteiger partial charge in [0.1, 0.15) is 35.2 Å². The summed E-state index contributed by atoms with van der Waals surface area (Å²) in [6.07, 6.45) is 2.24. The lowest BCUT2D eigenvalue weighted by molar-refractivity contribution is -0.116. The van der Waals surface area contributed by atoms with Crippen molar-refractivity contribution in [2.45, 2.75) is 32.9 Å². The molecule has 1 atom stereocenters. The van der Waals surface area contributed by atoms with Crippen LogP contribution in [-0.4, -0.2) is 28.2 Å². The van der Waals surface area contributed by atoms with Crippen LogP contribution < -0.4 is 20.3 Å². The Hall–Kier alpha value is -3.81. The Balaban J connectivity index is 1.43. The molecule has 0 bridgehead atoms. The van der Waals surface area contributed by atoms with Gasteiger partial charge in [-0.15, -0.1) is 0 Å². The van der Waals surface area contributed by atoms with Gasteiger partial charge in [-0.2, -0.15) is 0 Å². The van der Waals surface area contributed by atoms with Gasteiger partial charge >= 0.3 is 0 Å². The summed E-state index contributed by atoms with van der Waals surface area (Å²) in [5, 5.41) is 3.59. The summed E-state index contributed by atoms with van der Waals surface area (Å²) in [5.41, 5.74) is 2.34. The molecule has 3 heterocycles. The lowest BCUT2D eigenvalue weighted by Gasteiger charge is -2.14. The van der Waals surface area contributed by atoms with Gasteiger partial charge in [0, 0.05) is 23.4 Å². The topological polar surface area (TPSA) is 95.6 Å². The zero-order chi connectivity index (χ0) is 21.5. The molecule has 2 aromatic carbocycles. The number of hydrogen-bond donors (Lipinski definition) is 1. The van der Waals surface area contributed by atoms with E-state index >= 15 is 0 Å². The Morgan fingerprint density at radius 2 is 2.16 bits per heavy atom. The first-order chi connectivity index (χ1) is 15.0. The van der Waals surface area contributed by atoms with E-state index in [2.05, 4.69) is 10.3 Å². The number of rotatable bonds is 5. The fourth-order valence-electron chi connectivity index (χ4n) is 3.88. The molecule has 0 radical (unpaired) electrons. The summed E-state index contributed by atoms with van der Waals surface area (Å²) in [6, 6.07) is 11.0. The Morgan fingerprint density at radius 1 is 1.32 bits per heavy atom. The summed E-state index contributed by atoms with van der Waals surface area (Å²) in [6.45, 7) is 4.13. The van der Waals surface area contributed by atoms with Gasteiger partial charge in [-0.3, -0.25) is 14.2 Å². The molecule has 8 heteroatoms. The lowest BCUT2D eigenvalue weighted by atomic mass is 10.1. The van der Waals surface area contributed by atoms with Crippen LogP contribution in [0.3, 0.4) is 0 Å². The molecule has 4 aromatic rings. The number of carbonyl (C=O) groups is 1. The first-order valence-electron chi connectivity index (χ1n) is 10.2. The molecule has 0 saturated carbocycles. The maximum absolute atomic E-state index is 12.8. The van der Waals surface area contributed by atoms with E-state index in [0.29, 0.717) is 29.1 Å². The summed E-state index contributed by atoms with van der Waals surface area (Å²) in [7, 11) is 0. The molecule has 8 nitrogen and oxygen atoms in total. The Bertz CT molecular complexity index is 1370. The second-order valence-corrected chi connectivity index (χ2v) is 7.52. The normalized spacial score (nSPS) is 15.1. The standard InChI is InChI=1S/C23H21N3O5/c1-3-29-19-9-14-8-13(2)30-18(14)10-16(19)25-20(27)11-26-12-24-21-15-6-4-5-7-17(15)31-22(21)23(26)28/h4-7,9-10,12-13H,3,8,11H2,1-2H3,(H,25,27). The molecule has 1 N–H and O–H groups in total. The third-order valence-corrected chi connectivity index (χ3v) is 5.24. The lowest BCUT2D eigenvalue weighted by Crippen LogP contribution is -2.27. The minimum absolute atomic E-state index is 0.0793. The molecule has 1 unspecified atom stereocenters. The maximum Gasteiger partial charge on any atom is 0.297 e. The average Bonchev–Trinajstić information content (AvgIpc) is 3.30. The number of para-hydroxylation sites is 1. The van der Waals surface area contributed by atoms with Gasteiger partial charge in [-0.05, 0) is 32.0 Å². The SMILES string of the molecule is CCOc1cc2c(cc1NC(=O)Cn1cnc3c(oc4ccccc43)c1=O)OC(C)C2. The van der Waals surface area contributed by atoms with Crippen molar-refractivity contribution >= 4 is 33.7 Å². The van der Waals surface area contributed by atoms with Crippen molar-refractivity contribution in [3.63, 3.8) is 0 Å². The number of ether oxygens (including phenoxy) is 2. The van der Waals surface area contributed by atoms with Crippen molar-refractivity contribution < 1.29 is 18.7 Å². The zero-order valence-electron chi connectivity index (χ0n) is 17.2. The van der Waals surface area contributed by atoms with E-state index in [-0.39, 0.29) is 24.1 Å². The van der Waals surface area contributed by atoms with Crippen LogP contribution in [0.2, 0.25) is 0 Å². The summed E-state index contributed by atoms with van der Waals surface area (Å²) in [4.78, 5) is 29.9. The van der Waals surface area contributed by atoms with Gasteiger partial charge in [0.05, 0.1) is 18.6 Å². The van der Waals surface area contributed by atoms with Gasteiger partial charge in [-0.25, -0.2) is 4.98 Å². The highest BCUT2D eigenvalue weighted by Crippen LogP contribution is 2.38. The van der Waals surface area contributed by atoms with Gasteiger partial charge in [0.25, 0.3) is 5.56 Å². The number of benzene rings is 2. The van der Waals surface area contributed by atoms with Crippen molar-refractivity contribution in [2.75, 3.05) is 11.9 Å². The second kappa shape index (κ2) is 7.46. The Kier molecular flexibility index (Phi) is 4.62. The molecular weight excluding hydrogens is 398 g/mol. The van der Waals surface area contributed by atoms with Crippen LogP contribution in [0, 0.1) is 0 Å². The number of amides is 1. The number of nitrogens with one attached hydrogen (secondary N) is 1. The van der Waals surface area contributed by atoms with Crippen molar-refractivity contribution in [1.82, 2.24) is 9.55 Å². The van der Waals surface area contributed by atoms with Crippen molar-refractivity contribution in [3.05, 3.63) is 58.6 Å². The predicted molar refractivity (Wildman–Crippen MR) is 116 cm³/mol. The fraction of sp³-hybridized carbons (Fsp3) is 0.261. The number of carbonyl (C=O) groups excluding carboxylic acids is 1. The molecule has 158 valence electrons. The number of nitrogens with zero attached hydrogens (tertiary/aromatic N) is 2. The van der Waals surface area contributed by atoms with Crippen LogP contribution in [0.4, 0.5) is 5.69 Å². The quantitative estimate of drug-likeness (QED) is 0.532. The highest BCUT2D eigenvalue weighted by atomic mass is 16.5. The van der Waals surface area contributed by atoms with Gasteiger partial charge in [-0.1, -0.05) is 12.1 Å². The Morgan fingerprint density at radius 3 is 3.00 bits per heavy atom. The number of anilines is 1. The molecule has 5 rings (SSSR count). The predicted octanol–water partition coefficient (Wildman–Crippen LogP) is 3.50. The smallest absolute Gasteiger partial charge is 0.297 e. The molecule has 0 saturated heterocycles. The molecule has 31 heavy (non-hydrogen) atoms. The summed E-state index contributed by atoms with van der Waals surface area (Å²) >= 11 is 0. The van der Waals surface area contributed by atoms with Gasteiger partial charge in [0.2, 0.25) is 11.5 Å². The molecule has 0 fully saturated rings. The first-order valence-corrected chi connectivity index (χ1v) is 10.2. The molecule has 1 amide bonds. The minimum Gasteiger partial charge on any atom is -0.492 e. The number of furan rings is 1. The van der Waals surface area contributed by atoms with Crippen molar-refractivity contribution in [3.8, 4) is 11.5 Å². The van der Waals surface area contributed by atoms with Crippen LogP contribution in [0.1, 0.15) is 19.4 Å². The van der Waals surface area contributed by atoms with E-state index in [1.807, 2.05) is 38.1 Å². The van der Waals surface area contributed by atoms with Crippen molar-refractivity contribution in [1.29, 1.82) is 0 Å². The van der Waals surface area contributed by atoms with Gasteiger partial charge in [0.15, 0.2) is 0 Å². The highest BCUT2D eigenvalue weighted by molar-refractivity contribution is 6.01. The van der Waals surface area contributed by atoms with E-state index in [1.165, 1.54) is 10.9 Å². The largest absolute Gasteiger partial charge is 0.492 e. The van der Waals surface area contributed by atoms with E-state index in [9.17, 15) is 9.59 Å². The van der Waals surface area contributed by atoms with Crippen LogP contribution in [0.25, 0.3) is 22.1 Å². The summed E-state index contributed by atoms with van der Waals surface area (Å²) < 4.78 is 18.4. The van der Waals surface area contributed by atoms with Crippen LogP contribution in [0.15, 0.2) is 51.9 Å². The van der Waals surface area contributed by atoms with Crippen molar-refractivity contribution in [2.24, 2.45) is 0 Å². The second-order valence-electron chi connectivity index (χ2n) is 7.52. The highest BCUT2D eigenvalue weighted by Gasteiger charge is 2.23. The third-order valence-electron chi connectivity index (χ3n) is 5.24.